The Morgan fingerprint density at radius 3 is 2.11 bits per heavy atom. The van der Waals surface area contributed by atoms with E-state index in [2.05, 4.69) is 0 Å². The predicted molar refractivity (Wildman–Crippen MR) is 65.8 cm³/mol. The van der Waals surface area contributed by atoms with Crippen LogP contribution in [0.15, 0.2) is 0 Å². The molecule has 0 radical (unpaired) electrons. The zero-order valence-electron chi connectivity index (χ0n) is 11.7. The highest BCUT2D eigenvalue weighted by atomic mass is 16.5. The number of imide groups is 1. The maximum absolute atomic E-state index is 12.1. The number of hydroxylamine groups is 2. The van der Waals surface area contributed by atoms with Gasteiger partial charge in [-0.25, -0.2) is 0 Å². The molecule has 0 aromatic carbocycles. The van der Waals surface area contributed by atoms with E-state index in [0.29, 0.717) is 6.42 Å². The summed E-state index contributed by atoms with van der Waals surface area (Å²) in [6.45, 7) is 9.36. The molecule has 2 unspecified atom stereocenters. The average molecular weight is 254 g/mol. The molecule has 0 saturated carbocycles. The third-order valence-electron chi connectivity index (χ3n) is 4.35. The molecule has 2 aliphatic heterocycles. The topological polar surface area (TPSA) is 60.9 Å². The van der Waals surface area contributed by atoms with Crippen LogP contribution in [0.4, 0.5) is 0 Å². The monoisotopic (exact) mass is 254 g/mol. The molecule has 2 aliphatic rings. The van der Waals surface area contributed by atoms with Gasteiger partial charge in [0.2, 0.25) is 11.8 Å². The van der Waals surface area contributed by atoms with Crippen molar-refractivity contribution in [2.24, 2.45) is 5.92 Å². The maximum atomic E-state index is 12.1. The smallest absolute Gasteiger partial charge is 0.232 e. The number of hydrogen-bond donors (Lipinski definition) is 1. The second kappa shape index (κ2) is 3.78. The minimum atomic E-state index is -0.612. The lowest BCUT2D eigenvalue weighted by molar-refractivity contribution is -0.198. The van der Waals surface area contributed by atoms with Gasteiger partial charge in [-0.2, -0.15) is 5.06 Å². The van der Waals surface area contributed by atoms with E-state index in [0.717, 1.165) is 0 Å². The number of amides is 2. The minimum Gasteiger partial charge on any atom is -0.313 e. The molecule has 2 fully saturated rings. The van der Waals surface area contributed by atoms with Crippen LogP contribution in [0.3, 0.4) is 0 Å². The first kappa shape index (κ1) is 13.5. The molecule has 2 amide bonds. The molecule has 2 saturated heterocycles. The van der Waals surface area contributed by atoms with Crippen LogP contribution < -0.4 is 0 Å². The van der Waals surface area contributed by atoms with Gasteiger partial charge in [0.15, 0.2) is 0 Å². The van der Waals surface area contributed by atoms with E-state index < -0.39 is 11.1 Å². The zero-order valence-corrected chi connectivity index (χ0v) is 11.7. The Balaban J connectivity index is 2.35. The molecule has 5 heteroatoms. The van der Waals surface area contributed by atoms with E-state index in [9.17, 15) is 14.8 Å². The molecule has 1 N–H and O–H groups in total. The second-order valence-corrected chi connectivity index (χ2v) is 6.70. The Kier molecular flexibility index (Phi) is 2.83. The van der Waals surface area contributed by atoms with Crippen molar-refractivity contribution in [2.45, 2.75) is 64.6 Å². The van der Waals surface area contributed by atoms with Crippen molar-refractivity contribution in [2.75, 3.05) is 0 Å². The van der Waals surface area contributed by atoms with Crippen molar-refractivity contribution in [1.82, 2.24) is 9.96 Å². The summed E-state index contributed by atoms with van der Waals surface area (Å²) in [6.07, 6.45) is 0.887. The number of likely N-dealkylation sites (tertiary alicyclic amines) is 1. The summed E-state index contributed by atoms with van der Waals surface area (Å²) in [5, 5.41) is 11.5. The number of nitrogens with zero attached hydrogens (tertiary/aromatic N) is 2. The van der Waals surface area contributed by atoms with Gasteiger partial charge in [-0.1, -0.05) is 6.92 Å². The molecular weight excluding hydrogens is 232 g/mol. The van der Waals surface area contributed by atoms with Crippen LogP contribution in [0.5, 0.6) is 0 Å². The normalized spacial score (nSPS) is 35.6. The van der Waals surface area contributed by atoms with Gasteiger partial charge >= 0.3 is 0 Å². The summed E-state index contributed by atoms with van der Waals surface area (Å²) in [5.41, 5.74) is -1.04. The van der Waals surface area contributed by atoms with Gasteiger partial charge in [0.1, 0.15) is 0 Å². The summed E-state index contributed by atoms with van der Waals surface area (Å²) >= 11 is 0. The average Bonchev–Trinajstić information content (AvgIpc) is 2.56. The molecule has 2 rings (SSSR count). The molecule has 0 aromatic heterocycles. The number of rotatable bonds is 1. The van der Waals surface area contributed by atoms with E-state index in [1.54, 1.807) is 6.92 Å². The van der Waals surface area contributed by atoms with Gasteiger partial charge in [-0.3, -0.25) is 14.5 Å². The second-order valence-electron chi connectivity index (χ2n) is 6.70. The highest BCUT2D eigenvalue weighted by molar-refractivity contribution is 6.03. The predicted octanol–water partition coefficient (Wildman–Crippen LogP) is 1.40. The summed E-state index contributed by atoms with van der Waals surface area (Å²) < 4.78 is 0. The molecule has 2 atom stereocenters. The van der Waals surface area contributed by atoms with Gasteiger partial charge in [0, 0.05) is 17.9 Å². The van der Waals surface area contributed by atoms with Gasteiger partial charge < -0.3 is 5.21 Å². The number of carbonyl (C=O) groups is 2. The Labute approximate surface area is 108 Å². The number of carbonyl (C=O) groups excluding carboxylic acids is 2. The first-order chi connectivity index (χ1) is 8.09. The van der Waals surface area contributed by atoms with Gasteiger partial charge in [-0.05, 0) is 34.1 Å². The van der Waals surface area contributed by atoms with Crippen molar-refractivity contribution in [1.29, 1.82) is 0 Å². The molecule has 2 heterocycles. The van der Waals surface area contributed by atoms with Crippen LogP contribution >= 0.6 is 0 Å². The standard InChI is InChI=1S/C13H22N2O3/c1-8-6-10(16)14(11(8)17)9-7-12(2,3)15(18)13(9,4)5/h8-9,18H,6-7H2,1-5H3. The van der Waals surface area contributed by atoms with E-state index in [1.165, 1.54) is 9.96 Å². The maximum Gasteiger partial charge on any atom is 0.232 e. The van der Waals surface area contributed by atoms with E-state index in [-0.39, 0.29) is 30.2 Å². The van der Waals surface area contributed by atoms with E-state index >= 15 is 0 Å². The lowest BCUT2D eigenvalue weighted by Crippen LogP contribution is -2.54. The molecule has 102 valence electrons. The highest BCUT2D eigenvalue weighted by Crippen LogP contribution is 2.43. The van der Waals surface area contributed by atoms with Crippen molar-refractivity contribution < 1.29 is 14.8 Å². The van der Waals surface area contributed by atoms with Crippen LogP contribution in [0.1, 0.15) is 47.5 Å². The molecular formula is C13H22N2O3. The largest absolute Gasteiger partial charge is 0.313 e. The third-order valence-corrected chi connectivity index (χ3v) is 4.35. The molecule has 0 spiro atoms. The van der Waals surface area contributed by atoms with Crippen molar-refractivity contribution in [3.63, 3.8) is 0 Å². The minimum absolute atomic E-state index is 0.107. The van der Waals surface area contributed by atoms with Gasteiger partial charge in [0.25, 0.3) is 0 Å². The fourth-order valence-corrected chi connectivity index (χ4v) is 3.27. The zero-order chi connectivity index (χ0) is 13.9. The fraction of sp³-hybridized carbons (Fsp3) is 0.846. The van der Waals surface area contributed by atoms with Gasteiger partial charge in [-0.15, -0.1) is 0 Å². The first-order valence-corrected chi connectivity index (χ1v) is 6.44. The lowest BCUT2D eigenvalue weighted by Gasteiger charge is -2.38. The van der Waals surface area contributed by atoms with Crippen LogP contribution in [-0.4, -0.2) is 44.1 Å². The van der Waals surface area contributed by atoms with Crippen LogP contribution in [0.2, 0.25) is 0 Å². The molecule has 18 heavy (non-hydrogen) atoms. The van der Waals surface area contributed by atoms with Crippen molar-refractivity contribution in [3.05, 3.63) is 0 Å². The van der Waals surface area contributed by atoms with E-state index in [4.69, 9.17) is 0 Å². The van der Waals surface area contributed by atoms with Crippen molar-refractivity contribution >= 4 is 11.8 Å². The first-order valence-electron chi connectivity index (χ1n) is 6.44. The summed E-state index contributed by atoms with van der Waals surface area (Å²) in [4.78, 5) is 25.5. The summed E-state index contributed by atoms with van der Waals surface area (Å²) in [5.74, 6) is -0.454. The summed E-state index contributed by atoms with van der Waals surface area (Å²) in [7, 11) is 0. The highest BCUT2D eigenvalue weighted by Gasteiger charge is 2.57. The van der Waals surface area contributed by atoms with Crippen LogP contribution in [0.25, 0.3) is 0 Å². The van der Waals surface area contributed by atoms with Gasteiger partial charge in [0.05, 0.1) is 11.6 Å². The Bertz CT molecular complexity index is 403. The quantitative estimate of drug-likeness (QED) is 0.719. The fourth-order valence-electron chi connectivity index (χ4n) is 3.27. The molecule has 0 aliphatic carbocycles. The Morgan fingerprint density at radius 2 is 1.78 bits per heavy atom. The van der Waals surface area contributed by atoms with Crippen LogP contribution in [-0.2, 0) is 9.59 Å². The lowest BCUT2D eigenvalue weighted by atomic mass is 9.93. The molecule has 0 aromatic rings. The number of hydrogen-bond acceptors (Lipinski definition) is 4. The van der Waals surface area contributed by atoms with E-state index in [1.807, 2.05) is 27.7 Å². The Morgan fingerprint density at radius 1 is 1.22 bits per heavy atom. The third kappa shape index (κ3) is 1.68. The SMILES string of the molecule is CC1CC(=O)N(C2CC(C)(C)N(O)C2(C)C)C1=O. The van der Waals surface area contributed by atoms with Crippen LogP contribution in [0, 0.1) is 5.92 Å². The Hall–Kier alpha value is -0.940. The molecule has 0 bridgehead atoms. The summed E-state index contributed by atoms with van der Waals surface area (Å²) in [6, 6.07) is -0.262. The van der Waals surface area contributed by atoms with Crippen molar-refractivity contribution in [3.8, 4) is 0 Å². The molecule has 5 nitrogen and oxygen atoms in total.